The molecule has 29 heavy (non-hydrogen) atoms. The molecule has 0 spiro atoms. The van der Waals surface area contributed by atoms with Gasteiger partial charge in [-0.15, -0.1) is 0 Å². The molecule has 1 heterocycles. The van der Waals surface area contributed by atoms with Gasteiger partial charge in [0.2, 0.25) is 0 Å². The van der Waals surface area contributed by atoms with Crippen LogP contribution in [0.15, 0.2) is 66.9 Å². The molecular formula is C23H23N3O3. The van der Waals surface area contributed by atoms with Crippen LogP contribution in [0.3, 0.4) is 0 Å². The van der Waals surface area contributed by atoms with Crippen molar-refractivity contribution in [1.29, 1.82) is 0 Å². The minimum Gasteiger partial charge on any atom is -0.495 e. The third kappa shape index (κ3) is 5.42. The van der Waals surface area contributed by atoms with Crippen molar-refractivity contribution in [2.45, 2.75) is 13.3 Å². The fraction of sp³-hybridized carbons (Fsp3) is 0.174. The van der Waals surface area contributed by atoms with Crippen LogP contribution in [0, 0.1) is 6.92 Å². The zero-order chi connectivity index (χ0) is 20.6. The highest BCUT2D eigenvalue weighted by Crippen LogP contribution is 2.25. The first-order chi connectivity index (χ1) is 14.1. The van der Waals surface area contributed by atoms with Crippen molar-refractivity contribution in [1.82, 2.24) is 10.3 Å². The molecule has 0 saturated heterocycles. The molecule has 0 bridgehead atoms. The Morgan fingerprint density at radius 3 is 2.55 bits per heavy atom. The van der Waals surface area contributed by atoms with E-state index in [1.54, 1.807) is 19.2 Å². The number of hydrogen-bond acceptors (Lipinski definition) is 4. The van der Waals surface area contributed by atoms with Crippen LogP contribution in [0.4, 0.5) is 5.69 Å². The lowest BCUT2D eigenvalue weighted by Crippen LogP contribution is -2.27. The molecule has 2 amide bonds. The zero-order valence-corrected chi connectivity index (χ0v) is 16.4. The Morgan fingerprint density at radius 2 is 1.79 bits per heavy atom. The maximum absolute atomic E-state index is 12.6. The third-order valence-corrected chi connectivity index (χ3v) is 4.40. The summed E-state index contributed by atoms with van der Waals surface area (Å²) in [5.74, 6) is -0.0877. The molecule has 0 fully saturated rings. The molecule has 6 nitrogen and oxygen atoms in total. The number of rotatable bonds is 7. The normalized spacial score (nSPS) is 10.3. The van der Waals surface area contributed by atoms with Crippen molar-refractivity contribution in [3.8, 4) is 5.75 Å². The number of methoxy groups -OCH3 is 1. The molecule has 148 valence electrons. The zero-order valence-electron chi connectivity index (χ0n) is 16.4. The Bertz CT molecular complexity index is 1000. The lowest BCUT2D eigenvalue weighted by Gasteiger charge is -2.11. The minimum absolute atomic E-state index is 0.196. The highest BCUT2D eigenvalue weighted by Gasteiger charge is 2.14. The number of nitrogens with zero attached hydrogens (tertiary/aromatic N) is 1. The van der Waals surface area contributed by atoms with E-state index in [1.807, 2.05) is 49.4 Å². The summed E-state index contributed by atoms with van der Waals surface area (Å²) in [5.41, 5.74) is 3.25. The number of aromatic nitrogens is 1. The molecule has 0 atom stereocenters. The van der Waals surface area contributed by atoms with Crippen LogP contribution in [-0.2, 0) is 6.42 Å². The second-order valence-corrected chi connectivity index (χ2v) is 6.58. The number of carbonyl (C=O) groups is 2. The molecule has 0 aliphatic rings. The summed E-state index contributed by atoms with van der Waals surface area (Å²) in [4.78, 5) is 29.1. The number of benzene rings is 2. The van der Waals surface area contributed by atoms with Crippen molar-refractivity contribution < 1.29 is 14.3 Å². The molecule has 3 rings (SSSR count). The molecular weight excluding hydrogens is 366 g/mol. The number of hydrogen-bond donors (Lipinski definition) is 2. The maximum atomic E-state index is 12.6. The van der Waals surface area contributed by atoms with Gasteiger partial charge in [-0.1, -0.05) is 36.4 Å². The quantitative estimate of drug-likeness (QED) is 0.647. The first-order valence-electron chi connectivity index (χ1n) is 9.31. The average molecular weight is 389 g/mol. The Labute approximate surface area is 169 Å². The van der Waals surface area contributed by atoms with Crippen molar-refractivity contribution in [2.24, 2.45) is 0 Å². The number of carbonyl (C=O) groups excluding carboxylic acids is 2. The summed E-state index contributed by atoms with van der Waals surface area (Å²) in [6.45, 7) is 2.42. The van der Waals surface area contributed by atoms with E-state index in [2.05, 4.69) is 15.6 Å². The summed E-state index contributed by atoms with van der Waals surface area (Å²) in [5, 5.41) is 5.66. The second kappa shape index (κ2) is 9.50. The Balaban J connectivity index is 1.64. The monoisotopic (exact) mass is 389 g/mol. The number of aryl methyl sites for hydroxylation is 1. The molecule has 0 radical (unpaired) electrons. The van der Waals surface area contributed by atoms with Gasteiger partial charge in [0.05, 0.1) is 12.8 Å². The van der Waals surface area contributed by atoms with E-state index < -0.39 is 0 Å². The Kier molecular flexibility index (Phi) is 6.58. The van der Waals surface area contributed by atoms with Gasteiger partial charge < -0.3 is 15.4 Å². The van der Waals surface area contributed by atoms with Gasteiger partial charge in [0.15, 0.2) is 0 Å². The maximum Gasteiger partial charge on any atom is 0.269 e. The Morgan fingerprint density at radius 1 is 1.00 bits per heavy atom. The molecule has 0 unspecified atom stereocenters. The summed E-state index contributed by atoms with van der Waals surface area (Å²) >= 11 is 0. The van der Waals surface area contributed by atoms with Gasteiger partial charge in [0, 0.05) is 18.3 Å². The van der Waals surface area contributed by atoms with Crippen LogP contribution in [0.25, 0.3) is 0 Å². The van der Waals surface area contributed by atoms with E-state index in [1.165, 1.54) is 12.3 Å². The van der Waals surface area contributed by atoms with Crippen molar-refractivity contribution in [3.63, 3.8) is 0 Å². The molecule has 2 N–H and O–H groups in total. The lowest BCUT2D eigenvalue weighted by atomic mass is 10.1. The van der Waals surface area contributed by atoms with Crippen molar-refractivity contribution in [2.75, 3.05) is 19.0 Å². The van der Waals surface area contributed by atoms with Gasteiger partial charge in [0.1, 0.15) is 11.4 Å². The predicted octanol–water partition coefficient (Wildman–Crippen LogP) is 3.62. The molecule has 0 aliphatic carbocycles. The second-order valence-electron chi connectivity index (χ2n) is 6.58. The minimum atomic E-state index is -0.338. The number of amides is 2. The topological polar surface area (TPSA) is 80.3 Å². The first-order valence-corrected chi connectivity index (χ1v) is 9.31. The van der Waals surface area contributed by atoms with Gasteiger partial charge in [-0.25, -0.2) is 0 Å². The van der Waals surface area contributed by atoms with Gasteiger partial charge in [0.25, 0.3) is 11.8 Å². The number of anilines is 1. The summed E-state index contributed by atoms with van der Waals surface area (Å²) in [6, 6.07) is 18.5. The Hall–Kier alpha value is -3.67. The van der Waals surface area contributed by atoms with Gasteiger partial charge in [-0.3, -0.25) is 14.6 Å². The lowest BCUT2D eigenvalue weighted by molar-refractivity contribution is 0.0949. The van der Waals surface area contributed by atoms with Crippen molar-refractivity contribution in [3.05, 3.63) is 89.2 Å². The van der Waals surface area contributed by atoms with Gasteiger partial charge in [-0.05, 0) is 48.7 Å². The molecule has 2 aromatic carbocycles. The first kappa shape index (κ1) is 20.1. The molecule has 1 aromatic heterocycles. The fourth-order valence-electron chi connectivity index (χ4n) is 2.87. The smallest absolute Gasteiger partial charge is 0.269 e. The largest absolute Gasteiger partial charge is 0.495 e. The standard InChI is InChI=1S/C23H23N3O3/c1-16-8-9-21(29-2)19(14-16)26-22(27)18-11-13-24-20(15-18)23(28)25-12-10-17-6-4-3-5-7-17/h3-9,11,13-15H,10,12H2,1-2H3,(H,25,28)(H,26,27). The molecule has 0 aliphatic heterocycles. The van der Waals surface area contributed by atoms with Crippen LogP contribution in [0.5, 0.6) is 5.75 Å². The molecule has 3 aromatic rings. The van der Waals surface area contributed by atoms with E-state index in [4.69, 9.17) is 4.74 Å². The fourth-order valence-corrected chi connectivity index (χ4v) is 2.87. The van der Waals surface area contributed by atoms with E-state index in [-0.39, 0.29) is 17.5 Å². The van der Waals surface area contributed by atoms with Gasteiger partial charge in [-0.2, -0.15) is 0 Å². The predicted molar refractivity (Wildman–Crippen MR) is 112 cm³/mol. The molecule has 6 heteroatoms. The van der Waals surface area contributed by atoms with E-state index >= 15 is 0 Å². The van der Waals surface area contributed by atoms with Crippen LogP contribution in [0.2, 0.25) is 0 Å². The summed E-state index contributed by atoms with van der Waals surface area (Å²) < 4.78 is 5.29. The van der Waals surface area contributed by atoms with E-state index in [0.717, 1.165) is 17.5 Å². The SMILES string of the molecule is COc1ccc(C)cc1NC(=O)c1ccnc(C(=O)NCCc2ccccc2)c1. The number of ether oxygens (including phenoxy) is 1. The highest BCUT2D eigenvalue weighted by atomic mass is 16.5. The van der Waals surface area contributed by atoms with E-state index in [0.29, 0.717) is 23.5 Å². The van der Waals surface area contributed by atoms with Crippen LogP contribution in [0.1, 0.15) is 32.0 Å². The van der Waals surface area contributed by atoms with Crippen LogP contribution in [-0.4, -0.2) is 30.5 Å². The van der Waals surface area contributed by atoms with E-state index in [9.17, 15) is 9.59 Å². The highest BCUT2D eigenvalue weighted by molar-refractivity contribution is 6.06. The average Bonchev–Trinajstić information content (AvgIpc) is 2.74. The van der Waals surface area contributed by atoms with Crippen LogP contribution >= 0.6 is 0 Å². The third-order valence-electron chi connectivity index (χ3n) is 4.40. The van der Waals surface area contributed by atoms with Crippen LogP contribution < -0.4 is 15.4 Å². The summed E-state index contributed by atoms with van der Waals surface area (Å²) in [7, 11) is 1.55. The number of pyridine rings is 1. The van der Waals surface area contributed by atoms with Crippen molar-refractivity contribution >= 4 is 17.5 Å². The summed E-state index contributed by atoms with van der Waals surface area (Å²) in [6.07, 6.45) is 2.18. The number of nitrogens with one attached hydrogen (secondary N) is 2. The van der Waals surface area contributed by atoms with Gasteiger partial charge >= 0.3 is 0 Å². The molecule has 0 saturated carbocycles.